The maximum absolute atomic E-state index is 11.7. The van der Waals surface area contributed by atoms with E-state index in [0.29, 0.717) is 5.69 Å². The van der Waals surface area contributed by atoms with E-state index in [-0.39, 0.29) is 12.4 Å². The summed E-state index contributed by atoms with van der Waals surface area (Å²) in [5.41, 5.74) is 5.08. The molecule has 1 rings (SSSR count). The molecule has 16 heavy (non-hydrogen) atoms. The van der Waals surface area contributed by atoms with Crippen LogP contribution in [-0.4, -0.2) is 22.8 Å². The van der Waals surface area contributed by atoms with Gasteiger partial charge in [-0.1, -0.05) is 0 Å². The van der Waals surface area contributed by atoms with Gasteiger partial charge in [0.15, 0.2) is 0 Å². The first-order valence-corrected chi connectivity index (χ1v) is 4.34. The Morgan fingerprint density at radius 2 is 2.19 bits per heavy atom. The minimum absolute atomic E-state index is 0.0252. The number of aromatic amines is 1. The zero-order valence-corrected chi connectivity index (χ0v) is 8.17. The van der Waals surface area contributed by atoms with Crippen molar-refractivity contribution in [3.8, 4) is 0 Å². The van der Waals surface area contributed by atoms with Gasteiger partial charge in [-0.2, -0.15) is 13.2 Å². The van der Waals surface area contributed by atoms with Gasteiger partial charge in [0.05, 0.1) is 5.69 Å². The van der Waals surface area contributed by atoms with Crippen LogP contribution >= 0.6 is 0 Å². The maximum atomic E-state index is 11.7. The molecule has 1 aromatic rings. The van der Waals surface area contributed by atoms with Crippen molar-refractivity contribution >= 4 is 0 Å². The van der Waals surface area contributed by atoms with Crippen molar-refractivity contribution in [1.29, 1.82) is 0 Å². The zero-order chi connectivity index (χ0) is 12.2. The number of ether oxygens (including phenoxy) is 1. The number of alkyl halides is 3. The molecule has 0 atom stereocenters. The molecule has 0 aliphatic rings. The fourth-order valence-electron chi connectivity index (χ4n) is 1.000. The summed E-state index contributed by atoms with van der Waals surface area (Å²) < 4.78 is 39.6. The van der Waals surface area contributed by atoms with Crippen molar-refractivity contribution in [2.24, 2.45) is 5.73 Å². The van der Waals surface area contributed by atoms with Gasteiger partial charge in [0.25, 0.3) is 5.56 Å². The van der Waals surface area contributed by atoms with E-state index in [9.17, 15) is 18.0 Å². The van der Waals surface area contributed by atoms with E-state index in [1.165, 1.54) is 6.07 Å². The lowest BCUT2D eigenvalue weighted by Crippen LogP contribution is -2.19. The van der Waals surface area contributed by atoms with Crippen LogP contribution in [0, 0.1) is 0 Å². The topological polar surface area (TPSA) is 81.0 Å². The van der Waals surface area contributed by atoms with Crippen molar-refractivity contribution in [1.82, 2.24) is 9.97 Å². The quantitative estimate of drug-likeness (QED) is 0.789. The van der Waals surface area contributed by atoms with Crippen LogP contribution in [0.25, 0.3) is 0 Å². The highest BCUT2D eigenvalue weighted by atomic mass is 19.4. The first-order valence-electron chi connectivity index (χ1n) is 4.34. The average molecular weight is 237 g/mol. The van der Waals surface area contributed by atoms with E-state index < -0.39 is 24.9 Å². The molecular formula is C8H10F3N3O2. The molecule has 3 N–H and O–H groups in total. The summed E-state index contributed by atoms with van der Waals surface area (Å²) in [6.07, 6.45) is -4.40. The van der Waals surface area contributed by atoms with Gasteiger partial charge in [-0.05, 0) is 0 Å². The maximum Gasteiger partial charge on any atom is 0.411 e. The molecule has 1 aromatic heterocycles. The van der Waals surface area contributed by atoms with Crippen molar-refractivity contribution in [2.45, 2.75) is 19.3 Å². The van der Waals surface area contributed by atoms with Gasteiger partial charge >= 0.3 is 6.18 Å². The van der Waals surface area contributed by atoms with E-state index in [4.69, 9.17) is 5.73 Å². The number of hydrogen-bond donors (Lipinski definition) is 2. The van der Waals surface area contributed by atoms with Crippen molar-refractivity contribution in [3.63, 3.8) is 0 Å². The minimum atomic E-state index is -4.40. The summed E-state index contributed by atoms with van der Waals surface area (Å²) in [5, 5.41) is 0. The zero-order valence-electron chi connectivity index (χ0n) is 8.17. The summed E-state index contributed by atoms with van der Waals surface area (Å²) >= 11 is 0. The standard InChI is InChI=1S/C8H10F3N3O2/c9-8(10,11)4-16-3-6-13-5(2-12)1-7(15)14-6/h1H,2-4,12H2,(H,13,14,15). The van der Waals surface area contributed by atoms with Crippen LogP contribution in [0.5, 0.6) is 0 Å². The van der Waals surface area contributed by atoms with Gasteiger partial charge in [-0.3, -0.25) is 4.79 Å². The van der Waals surface area contributed by atoms with Crippen LogP contribution in [0.4, 0.5) is 13.2 Å². The molecule has 0 bridgehead atoms. The third-order valence-electron chi connectivity index (χ3n) is 1.56. The SMILES string of the molecule is NCc1cc(=O)[nH]c(COCC(F)(F)F)n1. The molecule has 0 fully saturated rings. The molecular weight excluding hydrogens is 227 g/mol. The molecule has 8 heteroatoms. The fraction of sp³-hybridized carbons (Fsp3) is 0.500. The third-order valence-corrected chi connectivity index (χ3v) is 1.56. The van der Waals surface area contributed by atoms with Gasteiger partial charge < -0.3 is 15.5 Å². The van der Waals surface area contributed by atoms with Crippen LogP contribution in [-0.2, 0) is 17.9 Å². The van der Waals surface area contributed by atoms with Crippen molar-refractivity contribution in [3.05, 3.63) is 27.9 Å². The van der Waals surface area contributed by atoms with Crippen molar-refractivity contribution < 1.29 is 17.9 Å². The van der Waals surface area contributed by atoms with Gasteiger partial charge in [-0.15, -0.1) is 0 Å². The molecule has 0 saturated heterocycles. The lowest BCUT2D eigenvalue weighted by atomic mass is 10.4. The summed E-state index contributed by atoms with van der Waals surface area (Å²) in [7, 11) is 0. The van der Waals surface area contributed by atoms with Crippen LogP contribution in [0.1, 0.15) is 11.5 Å². The molecule has 0 spiro atoms. The van der Waals surface area contributed by atoms with Crippen LogP contribution in [0.3, 0.4) is 0 Å². The number of rotatable bonds is 4. The number of nitrogens with two attached hydrogens (primary N) is 1. The monoisotopic (exact) mass is 237 g/mol. The first kappa shape index (κ1) is 12.7. The highest BCUT2D eigenvalue weighted by Crippen LogP contribution is 2.14. The second-order valence-electron chi connectivity index (χ2n) is 3.00. The number of H-pyrrole nitrogens is 1. The van der Waals surface area contributed by atoms with Gasteiger partial charge in [0.2, 0.25) is 0 Å². The van der Waals surface area contributed by atoms with E-state index >= 15 is 0 Å². The molecule has 1 heterocycles. The van der Waals surface area contributed by atoms with E-state index in [1.807, 2.05) is 0 Å². The molecule has 5 nitrogen and oxygen atoms in total. The average Bonchev–Trinajstić information content (AvgIpc) is 2.14. The van der Waals surface area contributed by atoms with Crippen molar-refractivity contribution in [2.75, 3.05) is 6.61 Å². The highest BCUT2D eigenvalue weighted by Gasteiger charge is 2.27. The molecule has 0 unspecified atom stereocenters. The van der Waals surface area contributed by atoms with Gasteiger partial charge in [0.1, 0.15) is 19.0 Å². The molecule has 0 amide bonds. The second-order valence-corrected chi connectivity index (χ2v) is 3.00. The predicted octanol–water partition coefficient (Wildman–Crippen LogP) is 0.307. The second kappa shape index (κ2) is 5.08. The molecule has 0 aliphatic heterocycles. The molecule has 0 radical (unpaired) electrons. The summed E-state index contributed by atoms with van der Waals surface area (Å²) in [4.78, 5) is 17.1. The van der Waals surface area contributed by atoms with Crippen LogP contribution < -0.4 is 11.3 Å². The summed E-state index contributed by atoms with van der Waals surface area (Å²) in [6, 6.07) is 1.17. The van der Waals surface area contributed by atoms with Crippen LogP contribution in [0.2, 0.25) is 0 Å². The Balaban J connectivity index is 2.60. The molecule has 0 aromatic carbocycles. The third kappa shape index (κ3) is 4.41. The minimum Gasteiger partial charge on any atom is -0.364 e. The fourth-order valence-corrected chi connectivity index (χ4v) is 1.000. The van der Waals surface area contributed by atoms with E-state index in [2.05, 4.69) is 14.7 Å². The summed E-state index contributed by atoms with van der Waals surface area (Å²) in [5.74, 6) is 0.0252. The van der Waals surface area contributed by atoms with E-state index in [0.717, 1.165) is 0 Å². The van der Waals surface area contributed by atoms with Gasteiger partial charge in [-0.25, -0.2) is 4.98 Å². The molecule has 0 saturated carbocycles. The normalized spacial score (nSPS) is 11.8. The Labute approximate surface area is 88.4 Å². The number of nitrogens with zero attached hydrogens (tertiary/aromatic N) is 1. The summed E-state index contributed by atoms with van der Waals surface area (Å²) in [6.45, 7) is -1.76. The Hall–Kier alpha value is -1.41. The predicted molar refractivity (Wildman–Crippen MR) is 48.5 cm³/mol. The molecule has 90 valence electrons. The number of nitrogens with one attached hydrogen (secondary N) is 1. The Morgan fingerprint density at radius 1 is 1.50 bits per heavy atom. The Bertz CT molecular complexity index is 402. The van der Waals surface area contributed by atoms with Crippen LogP contribution in [0.15, 0.2) is 10.9 Å². The lowest BCUT2D eigenvalue weighted by Gasteiger charge is -2.07. The van der Waals surface area contributed by atoms with Gasteiger partial charge in [0, 0.05) is 12.6 Å². The highest BCUT2D eigenvalue weighted by molar-refractivity contribution is 5.01. The Kier molecular flexibility index (Phi) is 4.02. The van der Waals surface area contributed by atoms with E-state index in [1.54, 1.807) is 0 Å². The lowest BCUT2D eigenvalue weighted by molar-refractivity contribution is -0.177. The number of halogens is 3. The molecule has 0 aliphatic carbocycles. The number of aromatic nitrogens is 2. The number of hydrogen-bond acceptors (Lipinski definition) is 4. The Morgan fingerprint density at radius 3 is 2.75 bits per heavy atom. The largest absolute Gasteiger partial charge is 0.411 e. The smallest absolute Gasteiger partial charge is 0.364 e. The first-order chi connectivity index (χ1) is 7.40.